The second kappa shape index (κ2) is 8.50. The molecule has 0 radical (unpaired) electrons. The molecule has 2 aliphatic heterocycles. The molecule has 0 bridgehead atoms. The van der Waals surface area contributed by atoms with Gasteiger partial charge in [-0.1, -0.05) is 102 Å². The number of hydrogen-bond donors (Lipinski definition) is 0. The Morgan fingerprint density at radius 2 is 1.14 bits per heavy atom. The molecule has 0 aliphatic carbocycles. The van der Waals surface area contributed by atoms with Crippen molar-refractivity contribution in [1.29, 1.82) is 0 Å². The first kappa shape index (κ1) is 23.7. The van der Waals surface area contributed by atoms with Crippen LogP contribution in [0.3, 0.4) is 0 Å². The van der Waals surface area contributed by atoms with Crippen LogP contribution in [0.2, 0.25) is 0 Å². The quantitative estimate of drug-likeness (QED) is 0.203. The number of rotatable bonds is 2. The fraction of sp³-hybridized carbons (Fsp3) is 0.0769. The first-order valence-electron chi connectivity index (χ1n) is 14.8. The minimum Gasteiger partial charge on any atom is -0.311 e. The molecule has 0 amide bonds. The molecule has 0 saturated carbocycles. The maximum atomic E-state index is 2.55. The topological polar surface area (TPSA) is 8.17 Å². The van der Waals surface area contributed by atoms with Crippen LogP contribution >= 0.6 is 0 Å². The Kier molecular flexibility index (Phi) is 4.79. The molecule has 6 aromatic carbocycles. The number of para-hydroxylation sites is 4. The normalized spacial score (nSPS) is 13.0. The van der Waals surface area contributed by atoms with E-state index in [1.807, 2.05) is 0 Å². The Hall–Kier alpha value is -5.02. The number of aromatic nitrogens is 1. The third-order valence-corrected chi connectivity index (χ3v) is 9.57. The molecular formula is C39H29BN2. The fourth-order valence-electron chi connectivity index (χ4n) is 7.82. The van der Waals surface area contributed by atoms with E-state index in [2.05, 4.69) is 152 Å². The predicted molar refractivity (Wildman–Crippen MR) is 180 cm³/mol. The van der Waals surface area contributed by atoms with Crippen LogP contribution in [0.25, 0.3) is 38.6 Å². The van der Waals surface area contributed by atoms with Crippen molar-refractivity contribution >= 4 is 62.0 Å². The zero-order valence-electron chi connectivity index (χ0n) is 24.0. The highest BCUT2D eigenvalue weighted by atomic mass is 15.2. The van der Waals surface area contributed by atoms with Gasteiger partial charge in [-0.15, -0.1) is 0 Å². The van der Waals surface area contributed by atoms with Crippen LogP contribution in [-0.4, -0.2) is 11.3 Å². The van der Waals surface area contributed by atoms with Crippen molar-refractivity contribution in [2.45, 2.75) is 20.8 Å². The van der Waals surface area contributed by atoms with E-state index in [1.54, 1.807) is 0 Å². The number of nitrogens with zero attached hydrogens (tertiary/aromatic N) is 2. The summed E-state index contributed by atoms with van der Waals surface area (Å²) in [5.74, 6) is 0. The van der Waals surface area contributed by atoms with Crippen molar-refractivity contribution in [1.82, 2.24) is 4.57 Å². The number of benzene rings is 6. The lowest BCUT2D eigenvalue weighted by molar-refractivity contribution is 1.17. The molecule has 0 unspecified atom stereocenters. The average molecular weight is 536 g/mol. The molecule has 2 aliphatic rings. The van der Waals surface area contributed by atoms with Gasteiger partial charge in [-0.2, -0.15) is 0 Å². The second-order valence-electron chi connectivity index (χ2n) is 11.9. The first-order chi connectivity index (χ1) is 20.6. The lowest BCUT2D eigenvalue weighted by Crippen LogP contribution is -2.55. The van der Waals surface area contributed by atoms with Crippen molar-refractivity contribution in [3.63, 3.8) is 0 Å². The monoisotopic (exact) mass is 536 g/mol. The van der Waals surface area contributed by atoms with Crippen molar-refractivity contribution in [3.05, 3.63) is 138 Å². The van der Waals surface area contributed by atoms with Crippen molar-refractivity contribution in [3.8, 4) is 16.8 Å². The average Bonchev–Trinajstić information content (AvgIpc) is 3.53. The van der Waals surface area contributed by atoms with E-state index in [0.717, 1.165) is 0 Å². The lowest BCUT2D eigenvalue weighted by Gasteiger charge is -2.38. The Labute approximate surface area is 246 Å². The Morgan fingerprint density at radius 3 is 1.90 bits per heavy atom. The predicted octanol–water partition coefficient (Wildman–Crippen LogP) is 7.99. The lowest BCUT2D eigenvalue weighted by atomic mass is 9.36. The Bertz CT molecular complexity index is 2200. The van der Waals surface area contributed by atoms with Gasteiger partial charge in [0.15, 0.2) is 0 Å². The summed E-state index contributed by atoms with van der Waals surface area (Å²) in [4.78, 5) is 2.55. The summed E-state index contributed by atoms with van der Waals surface area (Å²) >= 11 is 0. The van der Waals surface area contributed by atoms with Crippen LogP contribution in [0, 0.1) is 20.8 Å². The number of hydrogen-bond acceptors (Lipinski definition) is 1. The summed E-state index contributed by atoms with van der Waals surface area (Å²) in [5, 5.41) is 2.57. The molecule has 0 saturated heterocycles. The van der Waals surface area contributed by atoms with Crippen LogP contribution in [0.4, 0.5) is 17.1 Å². The van der Waals surface area contributed by atoms with Crippen molar-refractivity contribution in [2.75, 3.05) is 4.90 Å². The summed E-state index contributed by atoms with van der Waals surface area (Å²) in [7, 11) is 0. The highest BCUT2D eigenvalue weighted by Gasteiger charge is 2.44. The third-order valence-electron chi connectivity index (χ3n) is 9.57. The smallest absolute Gasteiger partial charge is 0.248 e. The standard InChI is InChI=1S/C39H29BN2/c1-24-12-4-7-19-33(24)42-36-23-27(41-34-20-8-5-15-28(34)29-16-6-9-21-35(29)41)22-31-30-17-10-13-25(2)37(30)40(38(31)36)32-18-11-14-26(3)39(32)42/h4-23H,1-3H3. The minimum absolute atomic E-state index is 0.216. The van der Waals surface area contributed by atoms with Gasteiger partial charge in [0, 0.05) is 33.5 Å². The maximum absolute atomic E-state index is 2.55. The molecule has 0 N–H and O–H groups in total. The molecule has 1 aromatic heterocycles. The molecule has 3 heteroatoms. The molecule has 198 valence electrons. The summed E-state index contributed by atoms with van der Waals surface area (Å²) < 4.78 is 2.47. The van der Waals surface area contributed by atoms with E-state index in [9.17, 15) is 0 Å². The molecule has 9 rings (SSSR count). The molecule has 3 heterocycles. The van der Waals surface area contributed by atoms with Crippen LogP contribution in [0.15, 0.2) is 121 Å². The zero-order valence-corrected chi connectivity index (χ0v) is 24.0. The Morgan fingerprint density at radius 1 is 0.500 bits per heavy atom. The molecule has 7 aromatic rings. The van der Waals surface area contributed by atoms with E-state index >= 15 is 0 Å². The molecular weight excluding hydrogens is 507 g/mol. The summed E-state index contributed by atoms with van der Waals surface area (Å²) in [6.07, 6.45) is 0. The van der Waals surface area contributed by atoms with Gasteiger partial charge < -0.3 is 9.47 Å². The van der Waals surface area contributed by atoms with Gasteiger partial charge in [-0.05, 0) is 84.3 Å². The van der Waals surface area contributed by atoms with Gasteiger partial charge in [0.1, 0.15) is 0 Å². The second-order valence-corrected chi connectivity index (χ2v) is 11.9. The Balaban J connectivity index is 1.46. The van der Waals surface area contributed by atoms with Crippen LogP contribution in [0.5, 0.6) is 0 Å². The van der Waals surface area contributed by atoms with E-state index < -0.39 is 0 Å². The molecule has 0 spiro atoms. The van der Waals surface area contributed by atoms with Gasteiger partial charge in [0.2, 0.25) is 6.71 Å². The van der Waals surface area contributed by atoms with E-state index in [4.69, 9.17) is 0 Å². The van der Waals surface area contributed by atoms with Crippen LogP contribution < -0.4 is 21.3 Å². The van der Waals surface area contributed by atoms with Gasteiger partial charge in [0.05, 0.1) is 11.0 Å². The van der Waals surface area contributed by atoms with Gasteiger partial charge >= 0.3 is 0 Å². The summed E-state index contributed by atoms with van der Waals surface area (Å²) in [6.45, 7) is 6.99. The van der Waals surface area contributed by atoms with Gasteiger partial charge in [-0.25, -0.2) is 0 Å². The fourth-order valence-corrected chi connectivity index (χ4v) is 7.82. The highest BCUT2D eigenvalue weighted by molar-refractivity contribution is 7.01. The largest absolute Gasteiger partial charge is 0.311 e. The minimum atomic E-state index is 0.216. The van der Waals surface area contributed by atoms with E-state index in [1.165, 1.54) is 88.8 Å². The van der Waals surface area contributed by atoms with Crippen LogP contribution in [0.1, 0.15) is 16.7 Å². The summed E-state index contributed by atoms with van der Waals surface area (Å²) in [6, 6.07) is 45.0. The van der Waals surface area contributed by atoms with Crippen molar-refractivity contribution in [2.24, 2.45) is 0 Å². The first-order valence-corrected chi connectivity index (χ1v) is 14.8. The van der Waals surface area contributed by atoms with E-state index in [0.29, 0.717) is 0 Å². The zero-order chi connectivity index (χ0) is 28.1. The number of anilines is 3. The SMILES string of the molecule is Cc1ccccc1N1c2cc(-n3c4ccccc4c4ccccc43)cc3c2B(c2cccc(C)c21)c1c(C)cccc1-3. The number of fused-ring (bicyclic) bond motifs is 8. The highest BCUT2D eigenvalue weighted by Crippen LogP contribution is 2.45. The van der Waals surface area contributed by atoms with E-state index in [-0.39, 0.29) is 6.71 Å². The molecule has 2 nitrogen and oxygen atoms in total. The summed E-state index contributed by atoms with van der Waals surface area (Å²) in [5.41, 5.74) is 18.4. The maximum Gasteiger partial charge on any atom is 0.248 e. The van der Waals surface area contributed by atoms with Crippen molar-refractivity contribution < 1.29 is 0 Å². The molecule has 42 heavy (non-hydrogen) atoms. The molecule has 0 atom stereocenters. The van der Waals surface area contributed by atoms with Gasteiger partial charge in [0.25, 0.3) is 0 Å². The number of aryl methyl sites for hydroxylation is 3. The van der Waals surface area contributed by atoms with Gasteiger partial charge in [-0.3, -0.25) is 0 Å². The molecule has 0 fully saturated rings. The van der Waals surface area contributed by atoms with Crippen LogP contribution in [-0.2, 0) is 0 Å². The third kappa shape index (κ3) is 3.00.